The van der Waals surface area contributed by atoms with Gasteiger partial charge in [0, 0.05) is 37.2 Å². The molecule has 0 atom stereocenters. The van der Waals surface area contributed by atoms with Crippen LogP contribution in [0, 0.1) is 0 Å². The van der Waals surface area contributed by atoms with Crippen molar-refractivity contribution in [3.8, 4) is 5.75 Å². The Balaban J connectivity index is 1.37. The summed E-state index contributed by atoms with van der Waals surface area (Å²) in [5, 5.41) is 8.77. The van der Waals surface area contributed by atoms with Crippen LogP contribution in [0.5, 0.6) is 5.75 Å². The van der Waals surface area contributed by atoms with Crippen LogP contribution in [0.15, 0.2) is 78.9 Å². The first-order valence-corrected chi connectivity index (χ1v) is 11.8. The van der Waals surface area contributed by atoms with Crippen molar-refractivity contribution in [2.24, 2.45) is 0 Å². The fourth-order valence-corrected chi connectivity index (χ4v) is 3.42. The lowest BCUT2D eigenvalue weighted by Crippen LogP contribution is -2.25. The minimum absolute atomic E-state index is 0.0800. The lowest BCUT2D eigenvalue weighted by molar-refractivity contribution is -0.114. The normalized spacial score (nSPS) is 10.4. The number of benzene rings is 3. The van der Waals surface area contributed by atoms with E-state index in [1.165, 1.54) is 5.56 Å². The molecule has 7 nitrogen and oxygen atoms in total. The molecule has 35 heavy (non-hydrogen) atoms. The van der Waals surface area contributed by atoms with Crippen molar-refractivity contribution in [2.75, 3.05) is 44.0 Å². The van der Waals surface area contributed by atoms with Crippen molar-refractivity contribution in [3.05, 3.63) is 90.0 Å². The van der Waals surface area contributed by atoms with Gasteiger partial charge in [-0.15, -0.1) is 0 Å². The summed E-state index contributed by atoms with van der Waals surface area (Å²) in [6, 6.07) is 24.7. The Hall–Kier alpha value is -3.84. The number of carbonyl (C=O) groups is 2. The van der Waals surface area contributed by atoms with Crippen LogP contribution in [0.1, 0.15) is 28.8 Å². The van der Waals surface area contributed by atoms with E-state index in [1.54, 1.807) is 25.3 Å². The number of ether oxygens (including phenoxy) is 2. The molecule has 3 aromatic rings. The zero-order valence-electron chi connectivity index (χ0n) is 20.1. The van der Waals surface area contributed by atoms with Crippen LogP contribution in [0.4, 0.5) is 11.4 Å². The van der Waals surface area contributed by atoms with Crippen molar-refractivity contribution in [2.45, 2.75) is 19.3 Å². The van der Waals surface area contributed by atoms with Crippen LogP contribution in [-0.2, 0) is 16.0 Å². The van der Waals surface area contributed by atoms with Gasteiger partial charge in [0.1, 0.15) is 5.75 Å². The molecule has 184 valence electrons. The Labute approximate surface area is 206 Å². The number of hydrogen-bond donors (Lipinski definition) is 3. The summed E-state index contributed by atoms with van der Waals surface area (Å²) >= 11 is 0. The van der Waals surface area contributed by atoms with Crippen LogP contribution in [-0.4, -0.2) is 45.2 Å². The molecule has 3 aromatic carbocycles. The van der Waals surface area contributed by atoms with Crippen molar-refractivity contribution in [1.29, 1.82) is 0 Å². The van der Waals surface area contributed by atoms with Gasteiger partial charge in [0.15, 0.2) is 0 Å². The molecule has 0 aromatic heterocycles. The second kappa shape index (κ2) is 14.4. The molecule has 0 saturated heterocycles. The molecule has 0 aliphatic heterocycles. The molecule has 0 bridgehead atoms. The highest BCUT2D eigenvalue weighted by molar-refractivity contribution is 5.96. The number of nitrogens with one attached hydrogen (secondary N) is 3. The summed E-state index contributed by atoms with van der Waals surface area (Å²) in [5.41, 5.74) is 3.23. The van der Waals surface area contributed by atoms with E-state index in [-0.39, 0.29) is 18.4 Å². The first-order valence-electron chi connectivity index (χ1n) is 11.8. The van der Waals surface area contributed by atoms with Crippen molar-refractivity contribution < 1.29 is 19.1 Å². The quantitative estimate of drug-likeness (QED) is 0.299. The number of anilines is 2. The highest BCUT2D eigenvalue weighted by Crippen LogP contribution is 2.16. The highest BCUT2D eigenvalue weighted by atomic mass is 16.5. The number of carbonyl (C=O) groups excluding carboxylic acids is 2. The van der Waals surface area contributed by atoms with E-state index < -0.39 is 0 Å². The smallest absolute Gasteiger partial charge is 0.251 e. The van der Waals surface area contributed by atoms with E-state index in [0.29, 0.717) is 36.7 Å². The zero-order chi connectivity index (χ0) is 24.7. The third kappa shape index (κ3) is 9.51. The predicted molar refractivity (Wildman–Crippen MR) is 139 cm³/mol. The molecular weight excluding hydrogens is 442 g/mol. The van der Waals surface area contributed by atoms with E-state index in [0.717, 1.165) is 25.0 Å². The van der Waals surface area contributed by atoms with Gasteiger partial charge in [-0.1, -0.05) is 36.4 Å². The molecule has 0 aliphatic carbocycles. The van der Waals surface area contributed by atoms with Crippen LogP contribution in [0.25, 0.3) is 0 Å². The Kier molecular flexibility index (Phi) is 10.6. The number of amides is 2. The number of methoxy groups -OCH3 is 1. The van der Waals surface area contributed by atoms with Crippen LogP contribution < -0.4 is 20.7 Å². The van der Waals surface area contributed by atoms with Crippen molar-refractivity contribution in [3.63, 3.8) is 0 Å². The summed E-state index contributed by atoms with van der Waals surface area (Å²) < 4.78 is 10.8. The Morgan fingerprint density at radius 1 is 0.829 bits per heavy atom. The molecule has 0 spiro atoms. The fourth-order valence-electron chi connectivity index (χ4n) is 3.42. The summed E-state index contributed by atoms with van der Waals surface area (Å²) in [4.78, 5) is 24.6. The predicted octanol–water partition coefficient (Wildman–Crippen LogP) is 4.52. The summed E-state index contributed by atoms with van der Waals surface area (Å²) in [5.74, 6) is 0.430. The van der Waals surface area contributed by atoms with Crippen molar-refractivity contribution >= 4 is 23.2 Å². The third-order valence-electron chi connectivity index (χ3n) is 5.25. The fraction of sp³-hybridized carbons (Fsp3) is 0.286. The van der Waals surface area contributed by atoms with Gasteiger partial charge in [0.25, 0.3) is 5.91 Å². The Bertz CT molecular complexity index is 1060. The molecule has 0 saturated carbocycles. The largest absolute Gasteiger partial charge is 0.494 e. The lowest BCUT2D eigenvalue weighted by Gasteiger charge is -2.11. The van der Waals surface area contributed by atoms with Crippen LogP contribution in [0.2, 0.25) is 0 Å². The molecular formula is C28H33N3O4. The molecule has 0 aliphatic rings. The zero-order valence-corrected chi connectivity index (χ0v) is 20.1. The van der Waals surface area contributed by atoms with Gasteiger partial charge >= 0.3 is 0 Å². The minimum Gasteiger partial charge on any atom is -0.494 e. The molecule has 0 fully saturated rings. The van der Waals surface area contributed by atoms with Gasteiger partial charge in [-0.2, -0.15) is 0 Å². The Morgan fingerprint density at radius 3 is 2.40 bits per heavy atom. The Morgan fingerprint density at radius 2 is 1.63 bits per heavy atom. The average Bonchev–Trinajstić information content (AvgIpc) is 2.89. The van der Waals surface area contributed by atoms with Gasteiger partial charge in [-0.3, -0.25) is 9.59 Å². The number of hydrogen-bond acceptors (Lipinski definition) is 5. The van der Waals surface area contributed by atoms with Gasteiger partial charge in [0.05, 0.1) is 13.2 Å². The first kappa shape index (κ1) is 25.8. The number of aryl methyl sites for hydroxylation is 1. The van der Waals surface area contributed by atoms with E-state index in [4.69, 9.17) is 9.47 Å². The molecule has 0 unspecified atom stereocenters. The van der Waals surface area contributed by atoms with E-state index in [2.05, 4.69) is 28.1 Å². The maximum absolute atomic E-state index is 12.3. The summed E-state index contributed by atoms with van der Waals surface area (Å²) in [6.07, 6.45) is 2.66. The monoisotopic (exact) mass is 475 g/mol. The molecule has 3 rings (SSSR count). The van der Waals surface area contributed by atoms with Gasteiger partial charge in [-0.25, -0.2) is 0 Å². The van der Waals surface area contributed by atoms with E-state index in [9.17, 15) is 9.59 Å². The van der Waals surface area contributed by atoms with Gasteiger partial charge in [0.2, 0.25) is 5.91 Å². The maximum atomic E-state index is 12.3. The van der Waals surface area contributed by atoms with E-state index >= 15 is 0 Å². The van der Waals surface area contributed by atoms with Crippen LogP contribution in [0.3, 0.4) is 0 Å². The molecule has 0 radical (unpaired) electrons. The molecule has 7 heteroatoms. The molecule has 0 heterocycles. The van der Waals surface area contributed by atoms with Crippen LogP contribution >= 0.6 is 0 Å². The topological polar surface area (TPSA) is 88.7 Å². The maximum Gasteiger partial charge on any atom is 0.251 e. The summed E-state index contributed by atoms with van der Waals surface area (Å²) in [7, 11) is 1.63. The molecule has 2 amide bonds. The average molecular weight is 476 g/mol. The highest BCUT2D eigenvalue weighted by Gasteiger charge is 2.07. The van der Waals surface area contributed by atoms with Gasteiger partial charge in [-0.05, 0) is 67.3 Å². The third-order valence-corrected chi connectivity index (χ3v) is 5.25. The standard InChI is InChI=1S/C28H33N3O4/c1-34-18-7-17-29-28(33)23-11-5-12-25(20-23)30-21-27(32)31-24-13-15-26(16-14-24)35-19-6-10-22-8-3-2-4-9-22/h2-5,8-9,11-16,20,30H,6-7,10,17-19,21H2,1H3,(H,29,33)(H,31,32). The molecule has 3 N–H and O–H groups in total. The summed E-state index contributed by atoms with van der Waals surface area (Å²) in [6.45, 7) is 1.86. The first-order chi connectivity index (χ1) is 17.1. The second-order valence-electron chi connectivity index (χ2n) is 8.05. The second-order valence-corrected chi connectivity index (χ2v) is 8.05. The van der Waals surface area contributed by atoms with E-state index in [1.807, 2.05) is 48.5 Å². The minimum atomic E-state index is -0.184. The lowest BCUT2D eigenvalue weighted by atomic mass is 10.1. The number of rotatable bonds is 14. The SMILES string of the molecule is COCCCNC(=O)c1cccc(NCC(=O)Nc2ccc(OCCCc3ccccc3)cc2)c1. The van der Waals surface area contributed by atoms with Gasteiger partial charge < -0.3 is 25.4 Å². The van der Waals surface area contributed by atoms with Crippen molar-refractivity contribution in [1.82, 2.24) is 5.32 Å².